The van der Waals surface area contributed by atoms with Crippen molar-refractivity contribution in [3.63, 3.8) is 0 Å². The number of nitrogens with one attached hydrogen (secondary N) is 1. The van der Waals surface area contributed by atoms with E-state index in [1.165, 1.54) is 12.1 Å². The summed E-state index contributed by atoms with van der Waals surface area (Å²) < 4.78 is 13.7. The van der Waals surface area contributed by atoms with Crippen LogP contribution in [-0.2, 0) is 4.79 Å². The van der Waals surface area contributed by atoms with Crippen LogP contribution in [0.25, 0.3) is 10.9 Å². The number of rotatable bonds is 6. The molecule has 1 atom stereocenters. The number of carboxylic acids is 1. The first-order valence-electron chi connectivity index (χ1n) is 8.65. The molecule has 5 nitrogen and oxygen atoms in total. The number of carboxylic acid groups (broad SMARTS) is 1. The van der Waals surface area contributed by atoms with Gasteiger partial charge in [-0.2, -0.15) is 0 Å². The van der Waals surface area contributed by atoms with Crippen LogP contribution < -0.4 is 5.32 Å². The van der Waals surface area contributed by atoms with E-state index in [0.29, 0.717) is 34.7 Å². The summed E-state index contributed by atoms with van der Waals surface area (Å²) in [6.07, 6.45) is 4.51. The van der Waals surface area contributed by atoms with Crippen molar-refractivity contribution in [2.45, 2.75) is 44.1 Å². The summed E-state index contributed by atoms with van der Waals surface area (Å²) in [6, 6.07) is 4.93. The molecule has 2 aliphatic rings. The Hall–Kier alpha value is -2.50. The summed E-state index contributed by atoms with van der Waals surface area (Å²) in [5.74, 6) is -1.26. The normalized spacial score (nSPS) is 18.1. The number of benzene rings is 1. The number of pyridine rings is 1. The summed E-state index contributed by atoms with van der Waals surface area (Å²) in [7, 11) is 0. The summed E-state index contributed by atoms with van der Waals surface area (Å²) in [4.78, 5) is 28.7. The van der Waals surface area contributed by atoms with Crippen LogP contribution in [0.5, 0.6) is 0 Å². The van der Waals surface area contributed by atoms with Gasteiger partial charge in [0.05, 0.1) is 11.1 Å². The molecule has 1 aromatic carbocycles. The molecule has 4 rings (SSSR count). The Bertz CT molecular complexity index is 859. The van der Waals surface area contributed by atoms with E-state index in [9.17, 15) is 19.1 Å². The van der Waals surface area contributed by atoms with Crippen molar-refractivity contribution in [1.29, 1.82) is 0 Å². The van der Waals surface area contributed by atoms with Crippen molar-refractivity contribution in [2.75, 3.05) is 0 Å². The number of halogens is 1. The maximum atomic E-state index is 13.7. The van der Waals surface area contributed by atoms with Gasteiger partial charge in [0.2, 0.25) is 0 Å². The smallest absolute Gasteiger partial charge is 0.326 e. The van der Waals surface area contributed by atoms with Crippen LogP contribution >= 0.6 is 0 Å². The fourth-order valence-electron chi connectivity index (χ4n) is 3.14. The van der Waals surface area contributed by atoms with Gasteiger partial charge in [-0.3, -0.25) is 9.78 Å². The van der Waals surface area contributed by atoms with E-state index >= 15 is 0 Å². The molecular weight excluding hydrogens is 323 g/mol. The molecule has 130 valence electrons. The molecule has 0 bridgehead atoms. The molecule has 2 aromatic rings. The zero-order valence-electron chi connectivity index (χ0n) is 13.7. The first kappa shape index (κ1) is 16.0. The average molecular weight is 342 g/mol. The quantitative estimate of drug-likeness (QED) is 0.845. The Morgan fingerprint density at radius 1 is 1.24 bits per heavy atom. The second kappa shape index (κ2) is 6.10. The standard InChI is InChI=1S/C19H19FN2O3/c20-12-5-6-15-13(8-12)14(9-16(21-15)11-3-4-11)18(23)22-17(19(24)25)7-10-1-2-10/h5-6,8-11,17H,1-4,7H2,(H,22,23)(H,24,25). The number of aromatic nitrogens is 1. The van der Waals surface area contributed by atoms with Crippen molar-refractivity contribution in [3.05, 3.63) is 41.3 Å². The second-order valence-corrected chi connectivity index (χ2v) is 7.07. The van der Waals surface area contributed by atoms with Gasteiger partial charge < -0.3 is 10.4 Å². The molecule has 2 N–H and O–H groups in total. The number of nitrogens with zero attached hydrogens (tertiary/aromatic N) is 1. The molecule has 0 saturated heterocycles. The van der Waals surface area contributed by atoms with Crippen LogP contribution in [-0.4, -0.2) is 28.0 Å². The molecular formula is C19H19FN2O3. The van der Waals surface area contributed by atoms with E-state index in [4.69, 9.17) is 0 Å². The third-order valence-corrected chi connectivity index (χ3v) is 4.90. The van der Waals surface area contributed by atoms with Crippen LogP contribution in [0.4, 0.5) is 4.39 Å². The minimum atomic E-state index is -1.03. The number of carbonyl (C=O) groups excluding carboxylic acids is 1. The maximum absolute atomic E-state index is 13.7. The van der Waals surface area contributed by atoms with Crippen molar-refractivity contribution < 1.29 is 19.1 Å². The average Bonchev–Trinajstić information content (AvgIpc) is 3.45. The zero-order chi connectivity index (χ0) is 17.6. The molecule has 0 radical (unpaired) electrons. The van der Waals surface area contributed by atoms with Crippen LogP contribution in [0.1, 0.15) is 54.1 Å². The Morgan fingerprint density at radius 2 is 2.00 bits per heavy atom. The number of hydrogen-bond acceptors (Lipinski definition) is 3. The highest BCUT2D eigenvalue weighted by Gasteiger charge is 2.31. The van der Waals surface area contributed by atoms with E-state index < -0.39 is 23.7 Å². The number of fused-ring (bicyclic) bond motifs is 1. The van der Waals surface area contributed by atoms with E-state index in [0.717, 1.165) is 31.4 Å². The lowest BCUT2D eigenvalue weighted by Crippen LogP contribution is -2.41. The SMILES string of the molecule is O=C(NC(CC1CC1)C(=O)O)c1cc(C2CC2)nc2ccc(F)cc12. The Morgan fingerprint density at radius 3 is 2.64 bits per heavy atom. The molecule has 2 aliphatic carbocycles. The fourth-order valence-corrected chi connectivity index (χ4v) is 3.14. The first-order valence-corrected chi connectivity index (χ1v) is 8.65. The molecule has 25 heavy (non-hydrogen) atoms. The Labute approximate surface area is 144 Å². The van der Waals surface area contributed by atoms with E-state index in [2.05, 4.69) is 10.3 Å². The van der Waals surface area contributed by atoms with Gasteiger partial charge in [0.15, 0.2) is 0 Å². The minimum Gasteiger partial charge on any atom is -0.480 e. The van der Waals surface area contributed by atoms with Crippen LogP contribution in [0.15, 0.2) is 24.3 Å². The molecule has 0 aliphatic heterocycles. The first-order chi connectivity index (χ1) is 12.0. The van der Waals surface area contributed by atoms with Gasteiger partial charge in [0.25, 0.3) is 5.91 Å². The molecule has 1 heterocycles. The van der Waals surface area contributed by atoms with Gasteiger partial charge in [0, 0.05) is 17.0 Å². The van der Waals surface area contributed by atoms with Gasteiger partial charge in [-0.15, -0.1) is 0 Å². The van der Waals surface area contributed by atoms with Gasteiger partial charge in [-0.05, 0) is 49.4 Å². The fraction of sp³-hybridized carbons (Fsp3) is 0.421. The van der Waals surface area contributed by atoms with Gasteiger partial charge in [-0.1, -0.05) is 12.8 Å². The van der Waals surface area contributed by atoms with Crippen molar-refractivity contribution in [3.8, 4) is 0 Å². The second-order valence-electron chi connectivity index (χ2n) is 7.07. The zero-order valence-corrected chi connectivity index (χ0v) is 13.7. The third kappa shape index (κ3) is 3.48. The molecule has 0 spiro atoms. The molecule has 2 saturated carbocycles. The summed E-state index contributed by atoms with van der Waals surface area (Å²) >= 11 is 0. The topological polar surface area (TPSA) is 79.3 Å². The molecule has 1 aromatic heterocycles. The van der Waals surface area contributed by atoms with Crippen molar-refractivity contribution in [2.24, 2.45) is 5.92 Å². The largest absolute Gasteiger partial charge is 0.480 e. The summed E-state index contributed by atoms with van der Waals surface area (Å²) in [5, 5.41) is 12.4. The number of hydrogen-bond donors (Lipinski definition) is 2. The molecule has 1 unspecified atom stereocenters. The van der Waals surface area contributed by atoms with Crippen molar-refractivity contribution in [1.82, 2.24) is 10.3 Å². The highest BCUT2D eigenvalue weighted by Crippen LogP contribution is 2.40. The monoisotopic (exact) mass is 342 g/mol. The molecule has 6 heteroatoms. The predicted molar refractivity (Wildman–Crippen MR) is 89.9 cm³/mol. The lowest BCUT2D eigenvalue weighted by atomic mass is 10.0. The highest BCUT2D eigenvalue weighted by molar-refractivity contribution is 6.07. The highest BCUT2D eigenvalue weighted by atomic mass is 19.1. The molecule has 1 amide bonds. The summed E-state index contributed by atoms with van der Waals surface area (Å²) in [5.41, 5.74) is 1.68. The predicted octanol–water partition coefficient (Wildman–Crippen LogP) is 3.23. The van der Waals surface area contributed by atoms with E-state index in [1.54, 1.807) is 12.1 Å². The van der Waals surface area contributed by atoms with Gasteiger partial charge in [-0.25, -0.2) is 9.18 Å². The molecule has 2 fully saturated rings. The van der Waals surface area contributed by atoms with Gasteiger partial charge in [0.1, 0.15) is 11.9 Å². The lowest BCUT2D eigenvalue weighted by Gasteiger charge is -2.16. The van der Waals surface area contributed by atoms with Crippen LogP contribution in [0.2, 0.25) is 0 Å². The summed E-state index contributed by atoms with van der Waals surface area (Å²) in [6.45, 7) is 0. The van der Waals surface area contributed by atoms with Crippen LogP contribution in [0.3, 0.4) is 0 Å². The Kier molecular flexibility index (Phi) is 3.90. The number of carbonyl (C=O) groups is 2. The van der Waals surface area contributed by atoms with E-state index in [1.807, 2.05) is 0 Å². The Balaban J connectivity index is 1.69. The van der Waals surface area contributed by atoms with E-state index in [-0.39, 0.29) is 0 Å². The van der Waals surface area contributed by atoms with Crippen LogP contribution in [0, 0.1) is 11.7 Å². The number of aliphatic carboxylic acids is 1. The maximum Gasteiger partial charge on any atom is 0.326 e. The minimum absolute atomic E-state index is 0.299. The third-order valence-electron chi connectivity index (χ3n) is 4.90. The van der Waals surface area contributed by atoms with Crippen molar-refractivity contribution >= 4 is 22.8 Å². The van der Waals surface area contributed by atoms with Gasteiger partial charge >= 0.3 is 5.97 Å². The lowest BCUT2D eigenvalue weighted by molar-refractivity contribution is -0.139. The number of amides is 1.